The highest BCUT2D eigenvalue weighted by Gasteiger charge is 2.32. The summed E-state index contributed by atoms with van der Waals surface area (Å²) in [5.74, 6) is -2.05. The van der Waals surface area contributed by atoms with Gasteiger partial charge in [0.1, 0.15) is 0 Å². The van der Waals surface area contributed by atoms with Crippen LogP contribution in [-0.2, 0) is 9.59 Å². The standard InChI is InChI=1S/C21H21N3O4/c1-12(23-20(27)17-11-24(2)21(28)18(17)25)13-5-3-6-14(9-13)15-7-4-8-16(10-15)19(22)26/h3-10,12,25H,11H2,1-2H3,(H2,22,26)(H,23,27)/t12-/m1/s1. The molecule has 0 unspecified atom stereocenters. The molecule has 0 spiro atoms. The summed E-state index contributed by atoms with van der Waals surface area (Å²) in [6.45, 7) is 1.89. The van der Waals surface area contributed by atoms with Gasteiger partial charge in [0.2, 0.25) is 5.91 Å². The van der Waals surface area contributed by atoms with Crippen LogP contribution in [0.15, 0.2) is 59.9 Å². The normalized spacial score (nSPS) is 14.9. The van der Waals surface area contributed by atoms with Crippen molar-refractivity contribution in [3.8, 4) is 11.1 Å². The lowest BCUT2D eigenvalue weighted by atomic mass is 9.98. The van der Waals surface area contributed by atoms with Crippen molar-refractivity contribution >= 4 is 17.7 Å². The van der Waals surface area contributed by atoms with Gasteiger partial charge >= 0.3 is 0 Å². The average Bonchev–Trinajstić information content (AvgIpc) is 2.95. The minimum Gasteiger partial charge on any atom is -0.503 e. The predicted octanol–water partition coefficient (Wildman–Crippen LogP) is 1.91. The fourth-order valence-corrected chi connectivity index (χ4v) is 3.08. The van der Waals surface area contributed by atoms with Crippen LogP contribution in [0.1, 0.15) is 28.9 Å². The Hall–Kier alpha value is -3.61. The summed E-state index contributed by atoms with van der Waals surface area (Å²) in [6, 6.07) is 14.2. The van der Waals surface area contributed by atoms with Crippen molar-refractivity contribution in [3.05, 3.63) is 71.0 Å². The molecule has 0 radical (unpaired) electrons. The molecule has 0 saturated heterocycles. The van der Waals surface area contributed by atoms with E-state index in [2.05, 4.69) is 5.32 Å². The zero-order valence-electron chi connectivity index (χ0n) is 15.6. The first-order valence-electron chi connectivity index (χ1n) is 8.76. The molecular formula is C21H21N3O4. The van der Waals surface area contributed by atoms with Gasteiger partial charge in [-0.2, -0.15) is 0 Å². The molecule has 1 aliphatic rings. The first-order chi connectivity index (χ1) is 13.3. The maximum absolute atomic E-state index is 12.4. The number of aliphatic hydroxyl groups excluding tert-OH is 1. The van der Waals surface area contributed by atoms with Crippen molar-refractivity contribution in [1.82, 2.24) is 10.2 Å². The molecule has 0 aromatic heterocycles. The number of likely N-dealkylation sites (N-methyl/N-ethyl adjacent to an activating group) is 1. The minimum absolute atomic E-state index is 0.0599. The summed E-state index contributed by atoms with van der Waals surface area (Å²) in [5, 5.41) is 12.6. The number of amides is 3. The van der Waals surface area contributed by atoms with Crippen LogP contribution in [0.3, 0.4) is 0 Å². The number of carbonyl (C=O) groups is 3. The molecule has 1 heterocycles. The maximum Gasteiger partial charge on any atom is 0.289 e. The highest BCUT2D eigenvalue weighted by Crippen LogP contribution is 2.25. The summed E-state index contributed by atoms with van der Waals surface area (Å²) in [4.78, 5) is 36.8. The van der Waals surface area contributed by atoms with E-state index >= 15 is 0 Å². The number of rotatable bonds is 5. The molecular weight excluding hydrogens is 358 g/mol. The fraction of sp³-hybridized carbons (Fsp3) is 0.190. The maximum atomic E-state index is 12.4. The molecule has 144 valence electrons. The molecule has 7 nitrogen and oxygen atoms in total. The minimum atomic E-state index is -0.561. The summed E-state index contributed by atoms with van der Waals surface area (Å²) < 4.78 is 0. The van der Waals surface area contributed by atoms with E-state index in [0.29, 0.717) is 5.56 Å². The number of aliphatic hydroxyl groups is 1. The van der Waals surface area contributed by atoms with Crippen LogP contribution in [-0.4, -0.2) is 41.3 Å². The molecule has 3 amide bonds. The Labute approximate surface area is 162 Å². The molecule has 7 heteroatoms. The molecule has 0 bridgehead atoms. The van der Waals surface area contributed by atoms with Crippen molar-refractivity contribution in [3.63, 3.8) is 0 Å². The number of hydrogen-bond donors (Lipinski definition) is 3. The highest BCUT2D eigenvalue weighted by atomic mass is 16.3. The van der Waals surface area contributed by atoms with Gasteiger partial charge in [-0.25, -0.2) is 0 Å². The second-order valence-corrected chi connectivity index (χ2v) is 6.75. The first-order valence-corrected chi connectivity index (χ1v) is 8.76. The average molecular weight is 379 g/mol. The molecule has 2 aromatic rings. The highest BCUT2D eigenvalue weighted by molar-refractivity contribution is 6.06. The van der Waals surface area contributed by atoms with Crippen LogP contribution in [0.5, 0.6) is 0 Å². The molecule has 1 atom stereocenters. The Kier molecular flexibility index (Phi) is 5.17. The molecule has 3 rings (SSSR count). The van der Waals surface area contributed by atoms with E-state index in [4.69, 9.17) is 5.73 Å². The van der Waals surface area contributed by atoms with Gasteiger partial charge < -0.3 is 21.1 Å². The van der Waals surface area contributed by atoms with Gasteiger partial charge in [-0.1, -0.05) is 30.3 Å². The third kappa shape index (κ3) is 3.73. The molecule has 1 aliphatic heterocycles. The smallest absolute Gasteiger partial charge is 0.289 e. The van der Waals surface area contributed by atoms with Crippen molar-refractivity contribution in [2.45, 2.75) is 13.0 Å². The monoisotopic (exact) mass is 379 g/mol. The van der Waals surface area contributed by atoms with E-state index in [1.54, 1.807) is 18.2 Å². The quantitative estimate of drug-likeness (QED) is 0.736. The van der Waals surface area contributed by atoms with Gasteiger partial charge in [-0.05, 0) is 41.8 Å². The number of nitrogens with zero attached hydrogens (tertiary/aromatic N) is 1. The van der Waals surface area contributed by atoms with E-state index < -0.39 is 23.5 Å². The molecule has 0 aliphatic carbocycles. The molecule has 28 heavy (non-hydrogen) atoms. The zero-order valence-corrected chi connectivity index (χ0v) is 15.6. The summed E-state index contributed by atoms with van der Waals surface area (Å²) in [5.41, 5.74) is 8.37. The third-order valence-electron chi connectivity index (χ3n) is 4.72. The van der Waals surface area contributed by atoms with Crippen molar-refractivity contribution < 1.29 is 19.5 Å². The number of nitrogens with one attached hydrogen (secondary N) is 1. The van der Waals surface area contributed by atoms with Gasteiger partial charge in [0, 0.05) is 12.6 Å². The van der Waals surface area contributed by atoms with E-state index in [-0.39, 0.29) is 18.2 Å². The van der Waals surface area contributed by atoms with Crippen molar-refractivity contribution in [2.24, 2.45) is 5.73 Å². The third-order valence-corrected chi connectivity index (χ3v) is 4.72. The lowest BCUT2D eigenvalue weighted by molar-refractivity contribution is -0.126. The van der Waals surface area contributed by atoms with E-state index in [1.165, 1.54) is 11.9 Å². The van der Waals surface area contributed by atoms with Crippen LogP contribution in [0.25, 0.3) is 11.1 Å². The fourth-order valence-electron chi connectivity index (χ4n) is 3.08. The van der Waals surface area contributed by atoms with Crippen molar-refractivity contribution in [1.29, 1.82) is 0 Å². The molecule has 0 fully saturated rings. The second kappa shape index (κ2) is 7.56. The second-order valence-electron chi connectivity index (χ2n) is 6.75. The van der Waals surface area contributed by atoms with Gasteiger partial charge in [-0.15, -0.1) is 0 Å². The Bertz CT molecular complexity index is 997. The van der Waals surface area contributed by atoms with Crippen LogP contribution in [0.4, 0.5) is 0 Å². The summed E-state index contributed by atoms with van der Waals surface area (Å²) in [6.07, 6.45) is 0. The number of benzene rings is 2. The lowest BCUT2D eigenvalue weighted by Crippen LogP contribution is -2.30. The van der Waals surface area contributed by atoms with Crippen LogP contribution >= 0.6 is 0 Å². The number of carbonyl (C=O) groups excluding carboxylic acids is 3. The summed E-state index contributed by atoms with van der Waals surface area (Å²) in [7, 11) is 1.52. The Morgan fingerprint density at radius 1 is 1.14 bits per heavy atom. The van der Waals surface area contributed by atoms with Gasteiger partial charge in [0.05, 0.1) is 18.2 Å². The Morgan fingerprint density at radius 2 is 1.79 bits per heavy atom. The lowest BCUT2D eigenvalue weighted by Gasteiger charge is -2.16. The van der Waals surface area contributed by atoms with E-state index in [9.17, 15) is 19.5 Å². The Balaban J connectivity index is 1.80. The number of hydrogen-bond acceptors (Lipinski definition) is 4. The van der Waals surface area contributed by atoms with Gasteiger partial charge in [-0.3, -0.25) is 14.4 Å². The number of nitrogens with two attached hydrogens (primary N) is 1. The van der Waals surface area contributed by atoms with E-state index in [1.807, 2.05) is 37.3 Å². The summed E-state index contributed by atoms with van der Waals surface area (Å²) >= 11 is 0. The predicted molar refractivity (Wildman–Crippen MR) is 104 cm³/mol. The zero-order chi connectivity index (χ0) is 20.4. The first kappa shape index (κ1) is 19.2. The topological polar surface area (TPSA) is 113 Å². The van der Waals surface area contributed by atoms with E-state index in [0.717, 1.165) is 16.7 Å². The molecule has 2 aromatic carbocycles. The largest absolute Gasteiger partial charge is 0.503 e. The van der Waals surface area contributed by atoms with Crippen LogP contribution in [0, 0.1) is 0 Å². The molecule has 0 saturated carbocycles. The van der Waals surface area contributed by atoms with Gasteiger partial charge in [0.15, 0.2) is 5.76 Å². The number of primary amides is 1. The molecule has 4 N–H and O–H groups in total. The SMILES string of the molecule is C[C@@H](NC(=O)C1=C(O)C(=O)N(C)C1)c1cccc(-c2cccc(C(N)=O)c2)c1. The van der Waals surface area contributed by atoms with Crippen LogP contribution < -0.4 is 11.1 Å². The van der Waals surface area contributed by atoms with Crippen LogP contribution in [0.2, 0.25) is 0 Å². The van der Waals surface area contributed by atoms with Gasteiger partial charge in [0.25, 0.3) is 11.8 Å². The van der Waals surface area contributed by atoms with Crippen molar-refractivity contribution in [2.75, 3.05) is 13.6 Å². The Morgan fingerprint density at radius 3 is 2.39 bits per heavy atom.